The minimum Gasteiger partial charge on any atom is -0.314 e. The Morgan fingerprint density at radius 1 is 1.29 bits per heavy atom. The lowest BCUT2D eigenvalue weighted by Gasteiger charge is -2.27. The van der Waals surface area contributed by atoms with Crippen LogP contribution in [0.15, 0.2) is 18.2 Å². The second-order valence-electron chi connectivity index (χ2n) is 5.97. The maximum Gasteiger partial charge on any atom is 0.0440 e. The van der Waals surface area contributed by atoms with Crippen LogP contribution in [-0.4, -0.2) is 12.6 Å². The van der Waals surface area contributed by atoms with Gasteiger partial charge in [0.25, 0.3) is 0 Å². The van der Waals surface area contributed by atoms with Crippen LogP contribution in [-0.2, 0) is 6.42 Å². The quantitative estimate of drug-likeness (QED) is 0.829. The zero-order valence-corrected chi connectivity index (χ0v) is 12.4. The lowest BCUT2D eigenvalue weighted by atomic mass is 9.85. The number of benzene rings is 1. The van der Waals surface area contributed by atoms with Gasteiger partial charge >= 0.3 is 0 Å². The highest BCUT2D eigenvalue weighted by Gasteiger charge is 2.19. The summed E-state index contributed by atoms with van der Waals surface area (Å²) in [7, 11) is 0. The van der Waals surface area contributed by atoms with Gasteiger partial charge in [-0.2, -0.15) is 0 Å². The Bertz CT molecular complexity index is 369. The molecule has 1 aromatic rings. The van der Waals surface area contributed by atoms with Crippen molar-refractivity contribution in [1.29, 1.82) is 0 Å². The van der Waals surface area contributed by atoms with E-state index in [9.17, 15) is 0 Å². The third kappa shape index (κ3) is 5.10. The average molecular weight is 254 g/mol. The smallest absolute Gasteiger partial charge is 0.0440 e. The van der Waals surface area contributed by atoms with Gasteiger partial charge < -0.3 is 5.32 Å². The fourth-order valence-corrected chi connectivity index (χ4v) is 2.16. The molecule has 1 rings (SSSR count). The Kier molecular flexibility index (Phi) is 5.03. The fraction of sp³-hybridized carbons (Fsp3) is 0.600. The van der Waals surface area contributed by atoms with Crippen LogP contribution < -0.4 is 5.32 Å². The summed E-state index contributed by atoms with van der Waals surface area (Å²) < 4.78 is 0. The number of hydrogen-bond donors (Lipinski definition) is 1. The molecule has 1 nitrogen and oxygen atoms in total. The summed E-state index contributed by atoms with van der Waals surface area (Å²) >= 11 is 6.28. The predicted molar refractivity (Wildman–Crippen MR) is 76.8 cm³/mol. The molecule has 0 saturated carbocycles. The Labute approximate surface area is 111 Å². The summed E-state index contributed by atoms with van der Waals surface area (Å²) in [5.41, 5.74) is 2.69. The summed E-state index contributed by atoms with van der Waals surface area (Å²) in [6.45, 7) is 12.0. The van der Waals surface area contributed by atoms with Crippen LogP contribution in [0.2, 0.25) is 5.02 Å². The summed E-state index contributed by atoms with van der Waals surface area (Å²) in [6, 6.07) is 6.85. The Hall–Kier alpha value is -0.530. The maximum absolute atomic E-state index is 6.28. The zero-order chi connectivity index (χ0) is 13.1. The first-order valence-electron chi connectivity index (χ1n) is 6.28. The SMILES string of the molecule is Cc1ccc(CC(C)(C)CNC(C)C)c(Cl)c1. The highest BCUT2D eigenvalue weighted by atomic mass is 35.5. The van der Waals surface area contributed by atoms with Gasteiger partial charge in [0.05, 0.1) is 0 Å². The fourth-order valence-electron chi connectivity index (χ4n) is 1.85. The third-order valence-electron chi connectivity index (χ3n) is 2.87. The minimum absolute atomic E-state index is 0.225. The average Bonchev–Trinajstić information content (AvgIpc) is 2.20. The molecule has 0 aliphatic rings. The summed E-state index contributed by atoms with van der Waals surface area (Å²) in [6.07, 6.45) is 1.01. The molecule has 0 spiro atoms. The van der Waals surface area contributed by atoms with E-state index < -0.39 is 0 Å². The lowest BCUT2D eigenvalue weighted by molar-refractivity contribution is 0.326. The molecule has 96 valence electrons. The third-order valence-corrected chi connectivity index (χ3v) is 3.22. The van der Waals surface area contributed by atoms with Gasteiger partial charge in [-0.3, -0.25) is 0 Å². The van der Waals surface area contributed by atoms with E-state index in [0.29, 0.717) is 6.04 Å². The molecule has 0 saturated heterocycles. The van der Waals surface area contributed by atoms with Crippen molar-refractivity contribution in [2.75, 3.05) is 6.54 Å². The van der Waals surface area contributed by atoms with Gasteiger partial charge in [0.2, 0.25) is 0 Å². The first-order valence-corrected chi connectivity index (χ1v) is 6.66. The summed E-state index contributed by atoms with van der Waals surface area (Å²) in [5.74, 6) is 0. The van der Waals surface area contributed by atoms with Crippen LogP contribution in [0.5, 0.6) is 0 Å². The van der Waals surface area contributed by atoms with Crippen molar-refractivity contribution in [1.82, 2.24) is 5.32 Å². The summed E-state index contributed by atoms with van der Waals surface area (Å²) in [5, 5.41) is 4.39. The first kappa shape index (κ1) is 14.5. The van der Waals surface area contributed by atoms with Crippen molar-refractivity contribution in [2.45, 2.75) is 47.1 Å². The number of rotatable bonds is 5. The minimum atomic E-state index is 0.225. The van der Waals surface area contributed by atoms with E-state index >= 15 is 0 Å². The van der Waals surface area contributed by atoms with Gasteiger partial charge in [-0.25, -0.2) is 0 Å². The van der Waals surface area contributed by atoms with Crippen LogP contribution in [0.4, 0.5) is 0 Å². The van der Waals surface area contributed by atoms with E-state index in [1.54, 1.807) is 0 Å². The molecule has 17 heavy (non-hydrogen) atoms. The topological polar surface area (TPSA) is 12.0 Å². The molecule has 0 aromatic heterocycles. The van der Waals surface area contributed by atoms with Gasteiger partial charge in [-0.15, -0.1) is 0 Å². The molecule has 0 radical (unpaired) electrons. The molecule has 0 aliphatic carbocycles. The van der Waals surface area contributed by atoms with Crippen LogP contribution in [0.1, 0.15) is 38.8 Å². The molecule has 0 heterocycles. The Morgan fingerprint density at radius 2 is 1.94 bits per heavy atom. The van der Waals surface area contributed by atoms with E-state index in [-0.39, 0.29) is 5.41 Å². The highest BCUT2D eigenvalue weighted by Crippen LogP contribution is 2.26. The van der Waals surface area contributed by atoms with Crippen molar-refractivity contribution >= 4 is 11.6 Å². The van der Waals surface area contributed by atoms with Crippen molar-refractivity contribution in [3.05, 3.63) is 34.3 Å². The monoisotopic (exact) mass is 253 g/mol. The van der Waals surface area contributed by atoms with E-state index in [1.807, 2.05) is 6.07 Å². The normalized spacial score (nSPS) is 12.2. The number of nitrogens with one attached hydrogen (secondary N) is 1. The van der Waals surface area contributed by atoms with E-state index in [2.05, 4.69) is 52.1 Å². The van der Waals surface area contributed by atoms with Crippen LogP contribution in [0, 0.1) is 12.3 Å². The molecule has 0 fully saturated rings. The van der Waals surface area contributed by atoms with Gasteiger partial charge in [-0.1, -0.05) is 51.4 Å². The molecule has 0 bridgehead atoms. The second-order valence-corrected chi connectivity index (χ2v) is 6.38. The van der Waals surface area contributed by atoms with Gasteiger partial charge in [0.1, 0.15) is 0 Å². The van der Waals surface area contributed by atoms with E-state index in [1.165, 1.54) is 11.1 Å². The van der Waals surface area contributed by atoms with Crippen LogP contribution in [0.3, 0.4) is 0 Å². The molecular formula is C15H24ClN. The molecule has 1 aromatic carbocycles. The number of aryl methyl sites for hydroxylation is 1. The molecule has 0 amide bonds. The number of halogens is 1. The highest BCUT2D eigenvalue weighted by molar-refractivity contribution is 6.31. The van der Waals surface area contributed by atoms with Crippen molar-refractivity contribution in [3.8, 4) is 0 Å². The second kappa shape index (κ2) is 5.88. The molecule has 0 aliphatic heterocycles. The molecule has 1 N–H and O–H groups in total. The largest absolute Gasteiger partial charge is 0.314 e. The molecule has 0 atom stereocenters. The van der Waals surface area contributed by atoms with Crippen molar-refractivity contribution in [3.63, 3.8) is 0 Å². The summed E-state index contributed by atoms with van der Waals surface area (Å²) in [4.78, 5) is 0. The molecular weight excluding hydrogens is 230 g/mol. The van der Waals surface area contributed by atoms with Gasteiger partial charge in [0.15, 0.2) is 0 Å². The van der Waals surface area contributed by atoms with Crippen LogP contribution >= 0.6 is 11.6 Å². The van der Waals surface area contributed by atoms with Crippen LogP contribution in [0.25, 0.3) is 0 Å². The molecule has 0 unspecified atom stereocenters. The Morgan fingerprint density at radius 3 is 2.47 bits per heavy atom. The van der Waals surface area contributed by atoms with Crippen molar-refractivity contribution in [2.24, 2.45) is 5.41 Å². The Balaban J connectivity index is 2.68. The zero-order valence-electron chi connectivity index (χ0n) is 11.6. The lowest BCUT2D eigenvalue weighted by Crippen LogP contribution is -2.35. The number of hydrogen-bond acceptors (Lipinski definition) is 1. The maximum atomic E-state index is 6.28. The van der Waals surface area contributed by atoms with E-state index in [0.717, 1.165) is 18.0 Å². The standard InChI is InChI=1S/C15H24ClN/c1-11(2)17-10-15(4,5)9-13-7-6-12(3)8-14(13)16/h6-8,11,17H,9-10H2,1-5H3. The van der Waals surface area contributed by atoms with Crippen molar-refractivity contribution < 1.29 is 0 Å². The van der Waals surface area contributed by atoms with E-state index in [4.69, 9.17) is 11.6 Å². The predicted octanol–water partition coefficient (Wildman–Crippen LogP) is 4.22. The van der Waals surface area contributed by atoms with Gasteiger partial charge in [-0.05, 0) is 36.0 Å². The van der Waals surface area contributed by atoms with Gasteiger partial charge in [0, 0.05) is 17.6 Å². The first-order chi connectivity index (χ1) is 7.80. The molecule has 2 heteroatoms.